The van der Waals surface area contributed by atoms with E-state index in [2.05, 4.69) is 0 Å². The first-order chi connectivity index (χ1) is 9.90. The number of carbonyl (C=O) groups excluding carboxylic acids is 1. The third kappa shape index (κ3) is 9.27. The molecule has 0 radical (unpaired) electrons. The van der Waals surface area contributed by atoms with Crippen LogP contribution in [0.4, 0.5) is 0 Å². The number of hydrogen-bond donors (Lipinski definition) is 1. The predicted molar refractivity (Wildman–Crippen MR) is 81.2 cm³/mol. The number of ether oxygens (including phenoxy) is 2. The molecule has 0 fully saturated rings. The van der Waals surface area contributed by atoms with Crippen molar-refractivity contribution in [2.75, 3.05) is 7.11 Å². The van der Waals surface area contributed by atoms with Crippen LogP contribution in [0.25, 0.3) is 6.08 Å². The fourth-order valence-electron chi connectivity index (χ4n) is 1.31. The molecule has 0 atom stereocenters. The Labute approximate surface area is 125 Å². The van der Waals surface area contributed by atoms with Crippen LogP contribution in [0.15, 0.2) is 30.3 Å². The van der Waals surface area contributed by atoms with Gasteiger partial charge in [0.25, 0.3) is 0 Å². The Hall–Kier alpha value is -2.30. The van der Waals surface area contributed by atoms with Crippen molar-refractivity contribution in [3.63, 3.8) is 0 Å². The molecule has 0 aliphatic heterocycles. The number of benzene rings is 1. The topological polar surface area (TPSA) is 72.8 Å². The van der Waals surface area contributed by atoms with Gasteiger partial charge in [-0.15, -0.1) is 0 Å². The van der Waals surface area contributed by atoms with E-state index >= 15 is 0 Å². The van der Waals surface area contributed by atoms with E-state index < -0.39 is 5.97 Å². The molecule has 0 bridgehead atoms. The summed E-state index contributed by atoms with van der Waals surface area (Å²) in [6, 6.07) is 7.22. The molecule has 0 amide bonds. The fraction of sp³-hybridized carbons (Fsp3) is 0.375. The van der Waals surface area contributed by atoms with Crippen LogP contribution in [-0.4, -0.2) is 30.3 Å². The second-order valence-electron chi connectivity index (χ2n) is 4.31. The van der Waals surface area contributed by atoms with Gasteiger partial charge in [0.2, 0.25) is 0 Å². The molecule has 5 heteroatoms. The van der Waals surface area contributed by atoms with Gasteiger partial charge in [-0.1, -0.05) is 25.1 Å². The first kappa shape index (κ1) is 18.7. The standard InChI is InChI=1S/C10H10O3.C6H12O2/c1-13-9-5-3-2-4-8(9)6-7-10(11)12;1-4-6(7)8-5(2)3/h2-7H,1H3,(H,11,12);5H,4H2,1-3H3/b7-6+;. The predicted octanol–water partition coefficient (Wildman–Crippen LogP) is 3.14. The third-order valence-electron chi connectivity index (χ3n) is 2.20. The Morgan fingerprint density at radius 3 is 2.33 bits per heavy atom. The summed E-state index contributed by atoms with van der Waals surface area (Å²) in [6.07, 6.45) is 3.08. The maximum Gasteiger partial charge on any atom is 0.328 e. The minimum absolute atomic E-state index is 0.0300. The van der Waals surface area contributed by atoms with Crippen LogP contribution >= 0.6 is 0 Å². The molecule has 0 saturated carbocycles. The molecule has 0 aliphatic rings. The van der Waals surface area contributed by atoms with E-state index in [1.807, 2.05) is 26.0 Å². The molecular weight excluding hydrogens is 272 g/mol. The first-order valence-electron chi connectivity index (χ1n) is 6.64. The number of carboxylic acid groups (broad SMARTS) is 1. The highest BCUT2D eigenvalue weighted by Gasteiger charge is 1.99. The molecule has 0 aromatic heterocycles. The highest BCUT2D eigenvalue weighted by atomic mass is 16.5. The van der Waals surface area contributed by atoms with Crippen LogP contribution in [0.2, 0.25) is 0 Å². The van der Waals surface area contributed by atoms with Gasteiger partial charge in [-0.25, -0.2) is 4.79 Å². The number of aliphatic carboxylic acids is 1. The number of hydrogen-bond acceptors (Lipinski definition) is 4. The van der Waals surface area contributed by atoms with Crippen LogP contribution < -0.4 is 4.74 Å². The zero-order chi connectivity index (χ0) is 16.3. The van der Waals surface area contributed by atoms with Crippen LogP contribution in [0, 0.1) is 0 Å². The lowest BCUT2D eigenvalue weighted by Crippen LogP contribution is -2.09. The molecule has 0 spiro atoms. The molecule has 0 unspecified atom stereocenters. The van der Waals surface area contributed by atoms with Crippen LogP contribution in [-0.2, 0) is 14.3 Å². The molecule has 1 rings (SSSR count). The Balaban J connectivity index is 0.000000433. The smallest absolute Gasteiger partial charge is 0.328 e. The lowest BCUT2D eigenvalue weighted by atomic mass is 10.2. The largest absolute Gasteiger partial charge is 0.496 e. The van der Waals surface area contributed by atoms with Gasteiger partial charge < -0.3 is 14.6 Å². The van der Waals surface area contributed by atoms with Crippen molar-refractivity contribution in [2.45, 2.75) is 33.3 Å². The summed E-state index contributed by atoms with van der Waals surface area (Å²) in [4.78, 5) is 20.6. The molecule has 116 valence electrons. The average Bonchev–Trinajstić information content (AvgIpc) is 2.45. The normalized spacial score (nSPS) is 9.95. The summed E-state index contributed by atoms with van der Waals surface area (Å²) in [5, 5.41) is 8.41. The van der Waals surface area contributed by atoms with E-state index in [-0.39, 0.29) is 12.1 Å². The van der Waals surface area contributed by atoms with Crippen molar-refractivity contribution in [1.29, 1.82) is 0 Å². The molecule has 21 heavy (non-hydrogen) atoms. The van der Waals surface area contributed by atoms with Crippen molar-refractivity contribution in [3.8, 4) is 5.75 Å². The third-order valence-corrected chi connectivity index (χ3v) is 2.20. The van der Waals surface area contributed by atoms with Crippen LogP contribution in [0.1, 0.15) is 32.8 Å². The van der Waals surface area contributed by atoms with Gasteiger partial charge in [0, 0.05) is 18.1 Å². The zero-order valence-electron chi connectivity index (χ0n) is 12.8. The van der Waals surface area contributed by atoms with Gasteiger partial charge in [-0.3, -0.25) is 4.79 Å². The maximum absolute atomic E-state index is 10.4. The van der Waals surface area contributed by atoms with Crippen molar-refractivity contribution in [1.82, 2.24) is 0 Å². The Morgan fingerprint density at radius 2 is 1.90 bits per heavy atom. The van der Waals surface area contributed by atoms with E-state index in [0.717, 1.165) is 11.6 Å². The zero-order valence-corrected chi connectivity index (χ0v) is 12.8. The maximum atomic E-state index is 10.4. The van der Waals surface area contributed by atoms with Gasteiger partial charge in [0.1, 0.15) is 5.75 Å². The van der Waals surface area contributed by atoms with Crippen molar-refractivity contribution in [3.05, 3.63) is 35.9 Å². The van der Waals surface area contributed by atoms with Crippen LogP contribution in [0.5, 0.6) is 5.75 Å². The molecule has 0 heterocycles. The van der Waals surface area contributed by atoms with E-state index in [1.165, 1.54) is 6.08 Å². The van der Waals surface area contributed by atoms with Gasteiger partial charge in [0.15, 0.2) is 0 Å². The minimum atomic E-state index is -0.967. The summed E-state index contributed by atoms with van der Waals surface area (Å²) < 4.78 is 9.79. The lowest BCUT2D eigenvalue weighted by molar-refractivity contribution is -0.147. The summed E-state index contributed by atoms with van der Waals surface area (Å²) in [5.41, 5.74) is 0.757. The molecule has 0 aliphatic carbocycles. The molecule has 5 nitrogen and oxygen atoms in total. The Morgan fingerprint density at radius 1 is 1.29 bits per heavy atom. The summed E-state index contributed by atoms with van der Waals surface area (Å²) in [5.74, 6) is -0.425. The summed E-state index contributed by atoms with van der Waals surface area (Å²) in [6.45, 7) is 5.46. The van der Waals surface area contributed by atoms with E-state index in [9.17, 15) is 9.59 Å². The summed E-state index contributed by atoms with van der Waals surface area (Å²) in [7, 11) is 1.55. The molecule has 0 saturated heterocycles. The highest BCUT2D eigenvalue weighted by molar-refractivity contribution is 5.85. The van der Waals surface area contributed by atoms with E-state index in [4.69, 9.17) is 14.6 Å². The highest BCUT2D eigenvalue weighted by Crippen LogP contribution is 2.18. The SMILES string of the molecule is CCC(=O)OC(C)C.COc1ccccc1/C=C/C(=O)O. The number of esters is 1. The van der Waals surface area contributed by atoms with Crippen molar-refractivity contribution >= 4 is 18.0 Å². The molecule has 1 N–H and O–H groups in total. The van der Waals surface area contributed by atoms with E-state index in [0.29, 0.717) is 12.2 Å². The van der Waals surface area contributed by atoms with Crippen molar-refractivity contribution in [2.24, 2.45) is 0 Å². The molecule has 1 aromatic carbocycles. The van der Waals surface area contributed by atoms with Gasteiger partial charge in [-0.05, 0) is 26.0 Å². The minimum Gasteiger partial charge on any atom is -0.496 e. The Bertz CT molecular complexity index is 477. The second-order valence-corrected chi connectivity index (χ2v) is 4.31. The lowest BCUT2D eigenvalue weighted by Gasteiger charge is -2.04. The molecule has 1 aromatic rings. The van der Waals surface area contributed by atoms with Gasteiger partial charge in [-0.2, -0.15) is 0 Å². The number of carbonyl (C=O) groups is 2. The Kier molecular flexibility index (Phi) is 9.33. The number of methoxy groups -OCH3 is 1. The number of rotatable bonds is 5. The second kappa shape index (κ2) is 10.5. The van der Waals surface area contributed by atoms with Crippen molar-refractivity contribution < 1.29 is 24.2 Å². The van der Waals surface area contributed by atoms with Gasteiger partial charge >= 0.3 is 11.9 Å². The quantitative estimate of drug-likeness (QED) is 0.667. The number of para-hydroxylation sites is 1. The average molecular weight is 294 g/mol. The fourth-order valence-corrected chi connectivity index (χ4v) is 1.31. The van der Waals surface area contributed by atoms with E-state index in [1.54, 1.807) is 26.2 Å². The summed E-state index contributed by atoms with van der Waals surface area (Å²) >= 11 is 0. The number of carboxylic acids is 1. The molecular formula is C16H22O5. The van der Waals surface area contributed by atoms with Crippen LogP contribution in [0.3, 0.4) is 0 Å². The monoisotopic (exact) mass is 294 g/mol. The first-order valence-corrected chi connectivity index (χ1v) is 6.64. The van der Waals surface area contributed by atoms with Gasteiger partial charge in [0.05, 0.1) is 13.2 Å².